The van der Waals surface area contributed by atoms with Crippen molar-refractivity contribution < 1.29 is 4.74 Å². The van der Waals surface area contributed by atoms with E-state index >= 15 is 0 Å². The number of hydrogen-bond donors (Lipinski definition) is 1. The molecule has 0 saturated carbocycles. The molecule has 0 aromatic carbocycles. The van der Waals surface area contributed by atoms with Crippen LogP contribution in [-0.4, -0.2) is 17.1 Å². The lowest BCUT2D eigenvalue weighted by Gasteiger charge is -2.24. The average Bonchev–Trinajstić information content (AvgIpc) is 2.34. The Morgan fingerprint density at radius 2 is 2.00 bits per heavy atom. The minimum atomic E-state index is -0.224. The molecule has 3 nitrogen and oxygen atoms in total. The van der Waals surface area contributed by atoms with Gasteiger partial charge in [-0.1, -0.05) is 0 Å². The van der Waals surface area contributed by atoms with Crippen LogP contribution in [0.2, 0.25) is 0 Å². The third-order valence-electron chi connectivity index (χ3n) is 2.80. The predicted molar refractivity (Wildman–Crippen MR) is 70.0 cm³/mol. The van der Waals surface area contributed by atoms with Crippen LogP contribution in [0.15, 0.2) is 12.1 Å². The van der Waals surface area contributed by atoms with E-state index in [-0.39, 0.29) is 36.3 Å². The van der Waals surface area contributed by atoms with E-state index in [1.54, 1.807) is 0 Å². The summed E-state index contributed by atoms with van der Waals surface area (Å²) in [7, 11) is 0. The summed E-state index contributed by atoms with van der Waals surface area (Å²) in [6, 6.07) is 3.95. The van der Waals surface area contributed by atoms with Gasteiger partial charge < -0.3 is 10.5 Å². The van der Waals surface area contributed by atoms with Crippen molar-refractivity contribution in [3.8, 4) is 5.75 Å². The van der Waals surface area contributed by atoms with E-state index in [4.69, 9.17) is 10.5 Å². The second kappa shape index (κ2) is 5.21. The Balaban J connectivity index is 0.00000112. The maximum atomic E-state index is 5.81. The molecular formula is C11H18Cl2N2O. The molecule has 0 fully saturated rings. The van der Waals surface area contributed by atoms with Crippen LogP contribution in [0.25, 0.3) is 0 Å². The summed E-state index contributed by atoms with van der Waals surface area (Å²) in [5.41, 5.74) is 7.56. The van der Waals surface area contributed by atoms with E-state index in [2.05, 4.69) is 18.8 Å². The number of halogens is 2. The smallest absolute Gasteiger partial charge is 0.142 e. The molecule has 1 aliphatic heterocycles. The van der Waals surface area contributed by atoms with E-state index in [9.17, 15) is 0 Å². The molecule has 0 radical (unpaired) electrons. The second-order valence-electron chi connectivity index (χ2n) is 4.33. The van der Waals surface area contributed by atoms with Crippen molar-refractivity contribution in [3.05, 3.63) is 23.5 Å². The van der Waals surface area contributed by atoms with Crippen molar-refractivity contribution >= 4 is 24.8 Å². The molecule has 1 aliphatic rings. The first kappa shape index (κ1) is 15.5. The predicted octanol–water partition coefficient (Wildman–Crippen LogP) is 2.45. The molecule has 16 heavy (non-hydrogen) atoms. The summed E-state index contributed by atoms with van der Waals surface area (Å²) >= 11 is 0. The molecule has 1 atom stereocenters. The zero-order chi connectivity index (χ0) is 10.3. The molecule has 2 N–H and O–H groups in total. The first-order valence-electron chi connectivity index (χ1n) is 4.91. The van der Waals surface area contributed by atoms with Gasteiger partial charge in [0.1, 0.15) is 11.4 Å². The molecular weight excluding hydrogens is 247 g/mol. The van der Waals surface area contributed by atoms with Gasteiger partial charge in [0.05, 0.1) is 11.6 Å². The number of pyridine rings is 1. The molecule has 2 heterocycles. The van der Waals surface area contributed by atoms with Gasteiger partial charge >= 0.3 is 0 Å². The van der Waals surface area contributed by atoms with Crippen molar-refractivity contribution in [1.29, 1.82) is 0 Å². The summed E-state index contributed by atoms with van der Waals surface area (Å²) in [4.78, 5) is 4.50. The van der Waals surface area contributed by atoms with Crippen LogP contribution in [-0.2, 0) is 0 Å². The van der Waals surface area contributed by atoms with Gasteiger partial charge in [0, 0.05) is 12.2 Å². The second-order valence-corrected chi connectivity index (χ2v) is 4.33. The summed E-state index contributed by atoms with van der Waals surface area (Å²) in [6.07, 6.45) is 0. The molecule has 0 unspecified atom stereocenters. The fraction of sp³-hybridized carbons (Fsp3) is 0.545. The molecule has 5 heteroatoms. The Labute approximate surface area is 109 Å². The largest absolute Gasteiger partial charge is 0.485 e. The number of hydrogen-bond acceptors (Lipinski definition) is 3. The van der Waals surface area contributed by atoms with Gasteiger partial charge in [-0.25, -0.2) is 0 Å². The van der Waals surface area contributed by atoms with E-state index < -0.39 is 0 Å². The minimum absolute atomic E-state index is 0. The van der Waals surface area contributed by atoms with Crippen molar-refractivity contribution in [2.75, 3.05) is 6.54 Å². The number of aryl methyl sites for hydroxylation is 1. The third kappa shape index (κ3) is 2.42. The Bertz CT molecular complexity index is 369. The highest BCUT2D eigenvalue weighted by Gasteiger charge is 2.41. The lowest BCUT2D eigenvalue weighted by atomic mass is 9.90. The van der Waals surface area contributed by atoms with E-state index in [1.165, 1.54) is 0 Å². The average molecular weight is 265 g/mol. The topological polar surface area (TPSA) is 48.1 Å². The molecule has 0 saturated heterocycles. The molecule has 0 amide bonds. The summed E-state index contributed by atoms with van der Waals surface area (Å²) in [6.45, 7) is 6.68. The van der Waals surface area contributed by atoms with Crippen LogP contribution in [0.4, 0.5) is 0 Å². The van der Waals surface area contributed by atoms with E-state index in [0.717, 1.165) is 17.1 Å². The summed E-state index contributed by atoms with van der Waals surface area (Å²) in [5, 5.41) is 0. The fourth-order valence-electron chi connectivity index (χ4n) is 1.98. The van der Waals surface area contributed by atoms with Crippen molar-refractivity contribution in [1.82, 2.24) is 4.98 Å². The van der Waals surface area contributed by atoms with Gasteiger partial charge in [0.2, 0.25) is 0 Å². The third-order valence-corrected chi connectivity index (χ3v) is 2.80. The Morgan fingerprint density at radius 1 is 1.38 bits per heavy atom. The minimum Gasteiger partial charge on any atom is -0.485 e. The lowest BCUT2D eigenvalue weighted by molar-refractivity contribution is 0.112. The highest BCUT2D eigenvalue weighted by atomic mass is 35.5. The normalized spacial score (nSPS) is 20.1. The van der Waals surface area contributed by atoms with Crippen LogP contribution >= 0.6 is 24.8 Å². The molecule has 0 bridgehead atoms. The zero-order valence-electron chi connectivity index (χ0n) is 9.69. The lowest BCUT2D eigenvalue weighted by Crippen LogP contribution is -2.34. The van der Waals surface area contributed by atoms with Crippen LogP contribution in [0.1, 0.15) is 31.2 Å². The highest BCUT2D eigenvalue weighted by molar-refractivity contribution is 5.85. The van der Waals surface area contributed by atoms with Crippen LogP contribution < -0.4 is 10.5 Å². The number of nitrogens with two attached hydrogens (primary N) is 1. The SMILES string of the molecule is Cc1ccc2c(n1)[C@@H](CN)C(C)(C)O2.Cl.Cl. The number of nitrogens with zero attached hydrogens (tertiary/aromatic N) is 1. The fourth-order valence-corrected chi connectivity index (χ4v) is 1.98. The van der Waals surface area contributed by atoms with Gasteiger partial charge in [-0.3, -0.25) is 4.98 Å². The monoisotopic (exact) mass is 264 g/mol. The van der Waals surface area contributed by atoms with Gasteiger partial charge in [-0.15, -0.1) is 24.8 Å². The van der Waals surface area contributed by atoms with Gasteiger partial charge in [0.25, 0.3) is 0 Å². The van der Waals surface area contributed by atoms with Gasteiger partial charge in [-0.05, 0) is 32.9 Å². The number of fused-ring (bicyclic) bond motifs is 1. The maximum absolute atomic E-state index is 5.81. The molecule has 92 valence electrons. The van der Waals surface area contributed by atoms with Crippen LogP contribution in [0.3, 0.4) is 0 Å². The summed E-state index contributed by atoms with van der Waals surface area (Å²) < 4.78 is 5.81. The van der Waals surface area contributed by atoms with Gasteiger partial charge in [-0.2, -0.15) is 0 Å². The Hall–Kier alpha value is -0.510. The summed E-state index contributed by atoms with van der Waals surface area (Å²) in [5.74, 6) is 1.09. The van der Waals surface area contributed by atoms with Crippen molar-refractivity contribution in [3.63, 3.8) is 0 Å². The molecule has 1 aromatic heterocycles. The first-order chi connectivity index (χ1) is 6.54. The van der Waals surface area contributed by atoms with Crippen LogP contribution in [0.5, 0.6) is 5.75 Å². The quantitative estimate of drug-likeness (QED) is 0.848. The number of ether oxygens (including phenoxy) is 1. The van der Waals surface area contributed by atoms with Crippen molar-refractivity contribution in [2.45, 2.75) is 32.3 Å². The standard InChI is InChI=1S/C11H16N2O.2ClH/c1-7-4-5-9-10(13-7)8(6-12)11(2,3)14-9;;/h4-5,8H,6,12H2,1-3H3;2*1H/t8-;;/m1../s1. The molecule has 1 aromatic rings. The molecule has 2 rings (SSSR count). The van der Waals surface area contributed by atoms with Crippen molar-refractivity contribution in [2.24, 2.45) is 5.73 Å². The maximum Gasteiger partial charge on any atom is 0.142 e. The molecule has 0 spiro atoms. The Morgan fingerprint density at radius 3 is 2.56 bits per heavy atom. The van der Waals surface area contributed by atoms with E-state index in [0.29, 0.717) is 6.54 Å². The van der Waals surface area contributed by atoms with Crippen LogP contribution in [0, 0.1) is 6.92 Å². The number of rotatable bonds is 1. The van der Waals surface area contributed by atoms with Gasteiger partial charge in [0.15, 0.2) is 0 Å². The molecule has 0 aliphatic carbocycles. The Kier molecular flexibility index (Phi) is 5.05. The van der Waals surface area contributed by atoms with E-state index in [1.807, 2.05) is 19.1 Å². The number of aromatic nitrogens is 1. The highest BCUT2D eigenvalue weighted by Crippen LogP contribution is 2.42. The first-order valence-corrected chi connectivity index (χ1v) is 4.91. The zero-order valence-corrected chi connectivity index (χ0v) is 11.3.